The highest BCUT2D eigenvalue weighted by Crippen LogP contribution is 2.35. The number of hydrogen-bond donors (Lipinski definition) is 4. The van der Waals surface area contributed by atoms with Crippen molar-refractivity contribution in [1.82, 2.24) is 20.1 Å². The highest BCUT2D eigenvalue weighted by molar-refractivity contribution is 7.90. The Labute approximate surface area is 268 Å². The summed E-state index contributed by atoms with van der Waals surface area (Å²) in [6.07, 6.45) is -2.78. The van der Waals surface area contributed by atoms with E-state index in [4.69, 9.17) is 5.14 Å². The monoisotopic (exact) mass is 687 g/mol. The molecular formula is C29H55F2N5O7S2. The molecule has 0 spiro atoms. The molecule has 7 atom stereocenters. The van der Waals surface area contributed by atoms with Crippen molar-refractivity contribution in [3.8, 4) is 0 Å². The van der Waals surface area contributed by atoms with Crippen LogP contribution in [0.15, 0.2) is 0 Å². The molecule has 0 aromatic carbocycles. The van der Waals surface area contributed by atoms with Crippen molar-refractivity contribution in [2.45, 2.75) is 127 Å². The van der Waals surface area contributed by atoms with Crippen molar-refractivity contribution in [3.05, 3.63) is 0 Å². The second kappa shape index (κ2) is 17.6. The first-order chi connectivity index (χ1) is 20.9. The Morgan fingerprint density at radius 1 is 0.911 bits per heavy atom. The summed E-state index contributed by atoms with van der Waals surface area (Å²) in [5.74, 6) is -3.01. The molecule has 0 aromatic rings. The van der Waals surface area contributed by atoms with Gasteiger partial charge in [-0.15, -0.1) is 4.83 Å². The predicted molar refractivity (Wildman–Crippen MR) is 169 cm³/mol. The van der Waals surface area contributed by atoms with Crippen molar-refractivity contribution in [2.75, 3.05) is 26.2 Å². The van der Waals surface area contributed by atoms with Gasteiger partial charge in [0.25, 0.3) is 0 Å². The molecule has 2 rings (SSSR count). The molecule has 16 heteroatoms. The number of hydrazine groups is 1. The van der Waals surface area contributed by atoms with E-state index in [0.717, 1.165) is 0 Å². The predicted octanol–water partition coefficient (Wildman–Crippen LogP) is 1.99. The lowest BCUT2D eigenvalue weighted by atomic mass is 9.79. The number of sulfonamides is 2. The van der Waals surface area contributed by atoms with Gasteiger partial charge < -0.3 is 15.3 Å². The summed E-state index contributed by atoms with van der Waals surface area (Å²) in [7, 11) is -7.83. The second-order valence-corrected chi connectivity index (χ2v) is 17.1. The molecule has 2 aliphatic carbocycles. The van der Waals surface area contributed by atoms with Gasteiger partial charge in [0.05, 0.1) is 22.6 Å². The van der Waals surface area contributed by atoms with Crippen LogP contribution in [0.5, 0.6) is 0 Å². The van der Waals surface area contributed by atoms with Gasteiger partial charge in [0.1, 0.15) is 12.3 Å². The third-order valence-corrected chi connectivity index (χ3v) is 12.0. The van der Waals surface area contributed by atoms with Crippen LogP contribution in [0.1, 0.15) is 92.4 Å². The molecule has 12 nitrogen and oxygen atoms in total. The Morgan fingerprint density at radius 3 is 1.96 bits per heavy atom. The van der Waals surface area contributed by atoms with Gasteiger partial charge in [-0.1, -0.05) is 20.8 Å². The van der Waals surface area contributed by atoms with Gasteiger partial charge in [-0.25, -0.2) is 35.8 Å². The van der Waals surface area contributed by atoms with Crippen LogP contribution in [0.3, 0.4) is 0 Å². The van der Waals surface area contributed by atoms with Crippen LogP contribution in [0, 0.1) is 17.8 Å². The fraction of sp³-hybridized carbons (Fsp3) is 0.931. The minimum absolute atomic E-state index is 0.00324. The average Bonchev–Trinajstić information content (AvgIpc) is 2.94. The van der Waals surface area contributed by atoms with Crippen LogP contribution in [0.25, 0.3) is 0 Å². The van der Waals surface area contributed by atoms with Crippen LogP contribution in [0.4, 0.5) is 8.78 Å². The van der Waals surface area contributed by atoms with Crippen molar-refractivity contribution in [1.29, 1.82) is 0 Å². The maximum absolute atomic E-state index is 14.3. The van der Waals surface area contributed by atoms with E-state index in [1.807, 2.05) is 13.8 Å². The van der Waals surface area contributed by atoms with E-state index < -0.39 is 78.7 Å². The largest absolute Gasteiger partial charge is 0.390 e. The van der Waals surface area contributed by atoms with E-state index in [1.54, 1.807) is 11.8 Å². The maximum Gasteiger partial charge on any atom is 0.226 e. The molecule has 264 valence electrons. The Balaban J connectivity index is 2.33. The minimum atomic E-state index is -4.09. The van der Waals surface area contributed by atoms with Gasteiger partial charge in [0.2, 0.25) is 31.9 Å². The van der Waals surface area contributed by atoms with Crippen LogP contribution in [-0.4, -0.2) is 105 Å². The van der Waals surface area contributed by atoms with E-state index in [9.17, 15) is 40.3 Å². The molecule has 2 amide bonds. The number of nitrogens with two attached hydrogens (primary N) is 1. The normalized spacial score (nSPS) is 27.7. The van der Waals surface area contributed by atoms with Crippen LogP contribution >= 0.6 is 0 Å². The maximum atomic E-state index is 14.3. The number of carbonyl (C=O) groups excluding carboxylic acids is 2. The molecule has 0 bridgehead atoms. The molecule has 5 N–H and O–H groups in total. The van der Waals surface area contributed by atoms with E-state index in [-0.39, 0.29) is 63.9 Å². The quantitative estimate of drug-likeness (QED) is 0.168. The number of likely N-dealkylation sites (N-methyl/N-ethyl adjacent to an activating group) is 1. The summed E-state index contributed by atoms with van der Waals surface area (Å²) in [6, 6.07) is -1.03. The molecular weight excluding hydrogens is 632 g/mol. The lowest BCUT2D eigenvalue weighted by molar-refractivity contribution is -0.138. The number of aliphatic hydroxyl groups excluding tert-OH is 1. The second-order valence-electron chi connectivity index (χ2n) is 13.0. The Kier molecular flexibility index (Phi) is 15.6. The molecule has 0 radical (unpaired) electrons. The summed E-state index contributed by atoms with van der Waals surface area (Å²) in [5.41, 5.74) is 0. The number of primary sulfonamides is 1. The number of aliphatic hydroxyl groups is 1. The van der Waals surface area contributed by atoms with Crippen LogP contribution in [0.2, 0.25) is 0 Å². The molecule has 0 saturated heterocycles. The number of halogens is 2. The van der Waals surface area contributed by atoms with Gasteiger partial charge in [0, 0.05) is 44.4 Å². The van der Waals surface area contributed by atoms with Gasteiger partial charge in [-0.05, 0) is 71.1 Å². The molecule has 2 saturated carbocycles. The van der Waals surface area contributed by atoms with Crippen molar-refractivity contribution < 1.29 is 40.3 Å². The molecule has 45 heavy (non-hydrogen) atoms. The summed E-state index contributed by atoms with van der Waals surface area (Å²) in [6.45, 7) is 9.49. The summed E-state index contributed by atoms with van der Waals surface area (Å²) < 4.78 is 78.4. The lowest BCUT2D eigenvalue weighted by Crippen LogP contribution is -2.55. The van der Waals surface area contributed by atoms with Gasteiger partial charge in [-0.3, -0.25) is 9.59 Å². The first-order valence-electron chi connectivity index (χ1n) is 16.2. The standard InChI is InChI=1S/C29H55F2N5O7S2/c1-6-9-35(10-7-2)29(39)22-14-21(15-25(16-22)44(32,40)41)28(38)33-26(13-20-11-23(30)17-24(31)12-20)27(37)18-36(8-3)34-45(42,43)19(4)5/h19-27,34,37H,6-18H2,1-5H3,(H,33,38)(H2,32,40,41). The smallest absolute Gasteiger partial charge is 0.226 e. The summed E-state index contributed by atoms with van der Waals surface area (Å²) in [4.78, 5) is 31.3. The van der Waals surface area contributed by atoms with Gasteiger partial charge in [0.15, 0.2) is 0 Å². The number of nitrogens with zero attached hydrogens (tertiary/aromatic N) is 2. The molecule has 7 unspecified atom stereocenters. The van der Waals surface area contributed by atoms with E-state index in [1.165, 1.54) is 18.9 Å². The minimum Gasteiger partial charge on any atom is -0.390 e. The van der Waals surface area contributed by atoms with E-state index in [0.29, 0.717) is 25.9 Å². The first kappa shape index (κ1) is 39.7. The number of carbonyl (C=O) groups is 2. The van der Waals surface area contributed by atoms with Crippen LogP contribution < -0.4 is 15.3 Å². The Hall–Kier alpha value is -1.46. The number of amides is 2. The van der Waals surface area contributed by atoms with Crippen molar-refractivity contribution in [2.24, 2.45) is 22.9 Å². The molecule has 0 aliphatic heterocycles. The fourth-order valence-corrected chi connectivity index (χ4v) is 8.18. The van der Waals surface area contributed by atoms with E-state index >= 15 is 0 Å². The van der Waals surface area contributed by atoms with Crippen LogP contribution in [-0.2, 0) is 29.6 Å². The molecule has 2 fully saturated rings. The van der Waals surface area contributed by atoms with Crippen molar-refractivity contribution in [3.63, 3.8) is 0 Å². The Bertz CT molecular complexity index is 1160. The topological polar surface area (TPSA) is 179 Å². The fourth-order valence-electron chi connectivity index (χ4n) is 6.40. The van der Waals surface area contributed by atoms with Crippen molar-refractivity contribution >= 4 is 31.9 Å². The summed E-state index contributed by atoms with van der Waals surface area (Å²) >= 11 is 0. The molecule has 2 aliphatic rings. The SMILES string of the molecule is CCCN(CCC)C(=O)C1CC(C(=O)NC(CC2CC(F)CC(F)C2)C(O)CN(CC)NS(=O)(=O)C(C)C)CC(S(N)(=O)=O)C1. The molecule has 0 heterocycles. The van der Waals surface area contributed by atoms with Gasteiger partial charge >= 0.3 is 0 Å². The first-order valence-corrected chi connectivity index (χ1v) is 19.4. The highest BCUT2D eigenvalue weighted by Gasteiger charge is 2.43. The van der Waals surface area contributed by atoms with E-state index in [2.05, 4.69) is 10.1 Å². The van der Waals surface area contributed by atoms with Gasteiger partial charge in [-0.2, -0.15) is 0 Å². The molecule has 0 aromatic heterocycles. The lowest BCUT2D eigenvalue weighted by Gasteiger charge is -2.37. The number of rotatable bonds is 17. The summed E-state index contributed by atoms with van der Waals surface area (Å²) in [5, 5.41) is 19.0. The zero-order valence-corrected chi connectivity index (χ0v) is 29.0. The zero-order valence-electron chi connectivity index (χ0n) is 27.3. The third kappa shape index (κ3) is 12.3. The Morgan fingerprint density at radius 2 is 1.47 bits per heavy atom. The zero-order chi connectivity index (χ0) is 34.1. The number of nitrogens with one attached hydrogen (secondary N) is 2. The number of hydrogen-bond acceptors (Lipinski definition) is 8. The highest BCUT2D eigenvalue weighted by atomic mass is 32.2. The third-order valence-electron chi connectivity index (χ3n) is 8.88. The average molecular weight is 688 g/mol. The number of alkyl halides is 2.